The number of carbonyl (C=O) groups is 1. The van der Waals surface area contributed by atoms with Gasteiger partial charge >= 0.3 is 5.97 Å². The highest BCUT2D eigenvalue weighted by molar-refractivity contribution is 7.89. The van der Waals surface area contributed by atoms with E-state index in [4.69, 9.17) is 9.84 Å². The summed E-state index contributed by atoms with van der Waals surface area (Å²) in [6, 6.07) is 5.70. The molecule has 1 aliphatic rings. The van der Waals surface area contributed by atoms with Crippen molar-refractivity contribution >= 4 is 16.0 Å². The quantitative estimate of drug-likeness (QED) is 0.827. The number of hydrogen-bond donors (Lipinski definition) is 2. The molecule has 6 nitrogen and oxygen atoms in total. The molecular weight excluding hydrogens is 306 g/mol. The predicted octanol–water partition coefficient (Wildman–Crippen LogP) is 1.55. The standard InChI is InChI=1S/C15H21NO5S/c1-21-14-5-3-2-4-13(14)16-22(19,20)12-8-6-11(7-9-12)10-15(17)18/h6-9,13-14,16H,2-5,10H2,1H3,(H,17,18)/t13-,14-/m0/s1. The van der Waals surface area contributed by atoms with Crippen molar-refractivity contribution < 1.29 is 23.1 Å². The summed E-state index contributed by atoms with van der Waals surface area (Å²) in [6.07, 6.45) is 3.40. The summed E-state index contributed by atoms with van der Waals surface area (Å²) in [6.45, 7) is 0. The molecule has 2 atom stereocenters. The van der Waals surface area contributed by atoms with Gasteiger partial charge in [0, 0.05) is 13.2 Å². The molecule has 0 aliphatic heterocycles. The number of ether oxygens (including phenoxy) is 1. The number of sulfonamides is 1. The Kier molecular flexibility index (Phi) is 5.55. The molecule has 1 aromatic rings. The first-order chi connectivity index (χ1) is 10.4. The second-order valence-corrected chi connectivity index (χ2v) is 7.21. The fourth-order valence-corrected chi connectivity index (χ4v) is 4.04. The van der Waals surface area contributed by atoms with Crippen LogP contribution in [0.3, 0.4) is 0 Å². The van der Waals surface area contributed by atoms with Gasteiger partial charge < -0.3 is 9.84 Å². The van der Waals surface area contributed by atoms with E-state index in [1.54, 1.807) is 7.11 Å². The highest BCUT2D eigenvalue weighted by Crippen LogP contribution is 2.22. The molecule has 1 aromatic carbocycles. The zero-order valence-corrected chi connectivity index (χ0v) is 13.3. The molecule has 2 N–H and O–H groups in total. The van der Waals surface area contributed by atoms with Crippen molar-refractivity contribution in [2.75, 3.05) is 7.11 Å². The first-order valence-corrected chi connectivity index (χ1v) is 8.76. The zero-order chi connectivity index (χ0) is 16.2. The second kappa shape index (κ2) is 7.21. The third-order valence-corrected chi connectivity index (χ3v) is 5.41. The lowest BCUT2D eigenvalue weighted by Gasteiger charge is -2.30. The maximum Gasteiger partial charge on any atom is 0.307 e. The van der Waals surface area contributed by atoms with E-state index in [2.05, 4.69) is 4.72 Å². The van der Waals surface area contributed by atoms with Crippen molar-refractivity contribution in [1.29, 1.82) is 0 Å². The molecule has 0 aromatic heterocycles. The lowest BCUT2D eigenvalue weighted by atomic mass is 9.93. The molecule has 0 amide bonds. The SMILES string of the molecule is CO[C@H]1CCCC[C@@H]1NS(=O)(=O)c1ccc(CC(=O)O)cc1. The Labute approximate surface area is 130 Å². The molecule has 0 unspecified atom stereocenters. The van der Waals surface area contributed by atoms with Gasteiger partial charge in [-0.3, -0.25) is 4.79 Å². The smallest absolute Gasteiger partial charge is 0.307 e. The van der Waals surface area contributed by atoms with Gasteiger partial charge in [-0.2, -0.15) is 0 Å². The van der Waals surface area contributed by atoms with Crippen molar-refractivity contribution in [3.63, 3.8) is 0 Å². The minimum atomic E-state index is -3.63. The predicted molar refractivity (Wildman–Crippen MR) is 81.2 cm³/mol. The van der Waals surface area contributed by atoms with Crippen molar-refractivity contribution in [2.24, 2.45) is 0 Å². The molecule has 0 heterocycles. The van der Waals surface area contributed by atoms with Crippen LogP contribution in [0.25, 0.3) is 0 Å². The Morgan fingerprint density at radius 2 is 1.91 bits per heavy atom. The van der Waals surface area contributed by atoms with E-state index in [1.807, 2.05) is 0 Å². The first kappa shape index (κ1) is 16.9. The monoisotopic (exact) mass is 327 g/mol. The number of carboxylic acids is 1. The minimum absolute atomic E-state index is 0.102. The Hall–Kier alpha value is -1.44. The summed E-state index contributed by atoms with van der Waals surface area (Å²) in [5, 5.41) is 8.72. The molecule has 0 radical (unpaired) electrons. The molecule has 7 heteroatoms. The molecule has 1 saturated carbocycles. The lowest BCUT2D eigenvalue weighted by Crippen LogP contribution is -2.45. The fourth-order valence-electron chi connectivity index (χ4n) is 2.74. The van der Waals surface area contributed by atoms with Gasteiger partial charge in [-0.1, -0.05) is 25.0 Å². The van der Waals surface area contributed by atoms with Crippen molar-refractivity contribution in [3.05, 3.63) is 29.8 Å². The fraction of sp³-hybridized carbons (Fsp3) is 0.533. The van der Waals surface area contributed by atoms with Gasteiger partial charge in [0.05, 0.1) is 17.4 Å². The van der Waals surface area contributed by atoms with Crippen LogP contribution in [-0.2, 0) is 26.0 Å². The molecular formula is C15H21NO5S. The molecule has 0 bridgehead atoms. The Bertz CT molecular complexity index is 611. The Morgan fingerprint density at radius 3 is 2.50 bits per heavy atom. The first-order valence-electron chi connectivity index (χ1n) is 7.28. The molecule has 2 rings (SSSR count). The molecule has 22 heavy (non-hydrogen) atoms. The number of benzene rings is 1. The van der Waals surface area contributed by atoms with Gasteiger partial charge in [-0.15, -0.1) is 0 Å². The van der Waals surface area contributed by atoms with Crippen LogP contribution in [0.5, 0.6) is 0 Å². The zero-order valence-electron chi connectivity index (χ0n) is 12.5. The van der Waals surface area contributed by atoms with Crippen LogP contribution >= 0.6 is 0 Å². The molecule has 0 spiro atoms. The van der Waals surface area contributed by atoms with Crippen LogP contribution in [0.1, 0.15) is 31.2 Å². The van der Waals surface area contributed by atoms with Gasteiger partial charge in [-0.25, -0.2) is 13.1 Å². The number of hydrogen-bond acceptors (Lipinski definition) is 4. The summed E-state index contributed by atoms with van der Waals surface area (Å²) in [5.41, 5.74) is 0.568. The van der Waals surface area contributed by atoms with Gasteiger partial charge in [0.1, 0.15) is 0 Å². The van der Waals surface area contributed by atoms with E-state index in [1.165, 1.54) is 24.3 Å². The summed E-state index contributed by atoms with van der Waals surface area (Å²) >= 11 is 0. The van der Waals surface area contributed by atoms with E-state index >= 15 is 0 Å². The third-order valence-electron chi connectivity index (χ3n) is 3.90. The van der Waals surface area contributed by atoms with Crippen LogP contribution in [0.15, 0.2) is 29.2 Å². The molecule has 1 aliphatic carbocycles. The second-order valence-electron chi connectivity index (χ2n) is 5.50. The average molecular weight is 327 g/mol. The van der Waals surface area contributed by atoms with Crippen molar-refractivity contribution in [1.82, 2.24) is 4.72 Å². The highest BCUT2D eigenvalue weighted by atomic mass is 32.2. The van der Waals surface area contributed by atoms with Gasteiger partial charge in [0.15, 0.2) is 0 Å². The van der Waals surface area contributed by atoms with Crippen LogP contribution in [-0.4, -0.2) is 38.7 Å². The summed E-state index contributed by atoms with van der Waals surface area (Å²) < 4.78 is 32.9. The van der Waals surface area contributed by atoms with Crippen LogP contribution in [0.4, 0.5) is 0 Å². The van der Waals surface area contributed by atoms with Crippen molar-refractivity contribution in [3.8, 4) is 0 Å². The molecule has 122 valence electrons. The van der Waals surface area contributed by atoms with Gasteiger partial charge in [-0.05, 0) is 30.5 Å². The van der Waals surface area contributed by atoms with E-state index in [-0.39, 0.29) is 23.5 Å². The third kappa shape index (κ3) is 4.28. The van der Waals surface area contributed by atoms with Crippen molar-refractivity contribution in [2.45, 2.75) is 49.1 Å². The van der Waals surface area contributed by atoms with E-state index in [0.29, 0.717) is 5.56 Å². The number of methoxy groups -OCH3 is 1. The van der Waals surface area contributed by atoms with E-state index < -0.39 is 16.0 Å². The highest BCUT2D eigenvalue weighted by Gasteiger charge is 2.29. The number of aliphatic carboxylic acids is 1. The van der Waals surface area contributed by atoms with E-state index in [0.717, 1.165) is 25.7 Å². The minimum Gasteiger partial charge on any atom is -0.481 e. The number of rotatable bonds is 6. The molecule has 0 saturated heterocycles. The maximum atomic E-state index is 12.4. The largest absolute Gasteiger partial charge is 0.481 e. The normalized spacial score (nSPS) is 22.4. The average Bonchev–Trinajstić information content (AvgIpc) is 2.47. The van der Waals surface area contributed by atoms with Crippen LogP contribution < -0.4 is 4.72 Å². The molecule has 1 fully saturated rings. The number of nitrogens with one attached hydrogen (secondary N) is 1. The summed E-state index contributed by atoms with van der Waals surface area (Å²) in [4.78, 5) is 10.8. The Balaban J connectivity index is 2.10. The Morgan fingerprint density at radius 1 is 1.27 bits per heavy atom. The van der Waals surface area contributed by atoms with Crippen LogP contribution in [0, 0.1) is 0 Å². The number of carboxylic acid groups (broad SMARTS) is 1. The summed E-state index contributed by atoms with van der Waals surface area (Å²) in [5.74, 6) is -0.945. The van der Waals surface area contributed by atoms with Crippen LogP contribution in [0.2, 0.25) is 0 Å². The van der Waals surface area contributed by atoms with Gasteiger partial charge in [0.25, 0.3) is 0 Å². The topological polar surface area (TPSA) is 92.7 Å². The maximum absolute atomic E-state index is 12.4. The van der Waals surface area contributed by atoms with Gasteiger partial charge in [0.2, 0.25) is 10.0 Å². The summed E-state index contributed by atoms with van der Waals surface area (Å²) in [7, 11) is -2.03. The lowest BCUT2D eigenvalue weighted by molar-refractivity contribution is -0.136. The van der Waals surface area contributed by atoms with E-state index in [9.17, 15) is 13.2 Å².